The van der Waals surface area contributed by atoms with E-state index in [1.807, 2.05) is 18.2 Å². The molecule has 1 aliphatic rings. The van der Waals surface area contributed by atoms with Crippen LogP contribution in [-0.4, -0.2) is 5.11 Å². The third-order valence-corrected chi connectivity index (χ3v) is 4.71. The molecular formula is C20H29NO. The van der Waals surface area contributed by atoms with Crippen LogP contribution in [0.2, 0.25) is 0 Å². The summed E-state index contributed by atoms with van der Waals surface area (Å²) in [5.74, 6) is 1.30. The van der Waals surface area contributed by atoms with Crippen LogP contribution in [0, 0.1) is 11.3 Å². The molecule has 1 saturated carbocycles. The van der Waals surface area contributed by atoms with Crippen molar-refractivity contribution in [3.8, 4) is 5.75 Å². The highest BCUT2D eigenvalue weighted by molar-refractivity contribution is 5.90. The number of phenols is 1. The van der Waals surface area contributed by atoms with Gasteiger partial charge in [0, 0.05) is 11.1 Å². The summed E-state index contributed by atoms with van der Waals surface area (Å²) >= 11 is 0. The number of benzene rings is 2. The number of nitrogen functional groups attached to an aromatic ring is 1. The molecule has 2 heteroatoms. The molecule has 0 aliphatic heterocycles. The van der Waals surface area contributed by atoms with Gasteiger partial charge in [0.1, 0.15) is 5.75 Å². The first-order chi connectivity index (χ1) is 10.4. The molecule has 0 aromatic heterocycles. The first kappa shape index (κ1) is 16.7. The quantitative estimate of drug-likeness (QED) is 0.609. The predicted molar refractivity (Wildman–Crippen MR) is 96.1 cm³/mol. The predicted octanol–water partition coefficient (Wildman–Crippen LogP) is 5.74. The van der Waals surface area contributed by atoms with Crippen molar-refractivity contribution in [3.63, 3.8) is 0 Å². The van der Waals surface area contributed by atoms with Gasteiger partial charge in [-0.25, -0.2) is 0 Å². The monoisotopic (exact) mass is 299 g/mol. The lowest BCUT2D eigenvalue weighted by atomic mass is 9.72. The van der Waals surface area contributed by atoms with E-state index in [1.165, 1.54) is 32.1 Å². The van der Waals surface area contributed by atoms with Gasteiger partial charge in [0.15, 0.2) is 0 Å². The van der Waals surface area contributed by atoms with Crippen LogP contribution < -0.4 is 5.73 Å². The maximum Gasteiger partial charge on any atom is 0.123 e. The van der Waals surface area contributed by atoms with E-state index in [4.69, 9.17) is 5.73 Å². The number of anilines is 1. The number of hydrogen-bond donors (Lipinski definition) is 2. The third kappa shape index (κ3) is 4.40. The zero-order valence-corrected chi connectivity index (χ0v) is 14.1. The lowest BCUT2D eigenvalue weighted by molar-refractivity contribution is 0.180. The number of fused-ring (bicyclic) bond motifs is 1. The zero-order valence-electron chi connectivity index (χ0n) is 14.1. The molecule has 1 aliphatic carbocycles. The normalized spacial score (nSPS) is 16.1. The van der Waals surface area contributed by atoms with E-state index >= 15 is 0 Å². The molecule has 2 aromatic carbocycles. The summed E-state index contributed by atoms with van der Waals surface area (Å²) in [5.41, 5.74) is 6.88. The summed E-state index contributed by atoms with van der Waals surface area (Å²) in [7, 11) is 0. The molecule has 22 heavy (non-hydrogen) atoms. The molecular weight excluding hydrogens is 270 g/mol. The highest BCUT2D eigenvalue weighted by atomic mass is 16.3. The molecule has 0 amide bonds. The summed E-state index contributed by atoms with van der Waals surface area (Å²) in [6.07, 6.45) is 7.38. The van der Waals surface area contributed by atoms with Gasteiger partial charge in [0.25, 0.3) is 0 Å². The minimum Gasteiger partial charge on any atom is -0.507 e. The van der Waals surface area contributed by atoms with E-state index in [1.54, 1.807) is 18.2 Å². The fourth-order valence-electron chi connectivity index (χ4n) is 3.25. The van der Waals surface area contributed by atoms with Gasteiger partial charge >= 0.3 is 0 Å². The zero-order chi connectivity index (χ0) is 16.2. The van der Waals surface area contributed by atoms with E-state index in [9.17, 15) is 5.11 Å². The molecule has 3 N–H and O–H groups in total. The van der Waals surface area contributed by atoms with Crippen LogP contribution >= 0.6 is 0 Å². The van der Waals surface area contributed by atoms with E-state index in [-0.39, 0.29) is 0 Å². The maximum atomic E-state index is 9.42. The smallest absolute Gasteiger partial charge is 0.123 e. The Morgan fingerprint density at radius 1 is 1.00 bits per heavy atom. The van der Waals surface area contributed by atoms with Crippen LogP contribution in [0.4, 0.5) is 5.69 Å². The van der Waals surface area contributed by atoms with Crippen LogP contribution in [-0.2, 0) is 0 Å². The molecule has 0 spiro atoms. The van der Waals surface area contributed by atoms with Gasteiger partial charge in [0.2, 0.25) is 0 Å². The summed E-state index contributed by atoms with van der Waals surface area (Å²) in [6.45, 7) is 7.13. The molecule has 3 rings (SSSR count). The Morgan fingerprint density at radius 3 is 2.27 bits per heavy atom. The van der Waals surface area contributed by atoms with Gasteiger partial charge < -0.3 is 10.8 Å². The van der Waals surface area contributed by atoms with Crippen molar-refractivity contribution in [2.75, 3.05) is 5.73 Å². The van der Waals surface area contributed by atoms with Crippen molar-refractivity contribution in [1.82, 2.24) is 0 Å². The first-order valence-corrected chi connectivity index (χ1v) is 8.35. The largest absolute Gasteiger partial charge is 0.507 e. The first-order valence-electron chi connectivity index (χ1n) is 8.35. The summed E-state index contributed by atoms with van der Waals surface area (Å²) in [4.78, 5) is 0. The third-order valence-electron chi connectivity index (χ3n) is 4.71. The Hall–Kier alpha value is -1.70. The summed E-state index contributed by atoms with van der Waals surface area (Å²) in [6, 6.07) is 10.8. The molecule has 1 fully saturated rings. The van der Waals surface area contributed by atoms with E-state index < -0.39 is 0 Å². The standard InChI is InChI=1S/C10H9NO.C10H20/c11-8-4-5-9-7(6-8)2-1-3-10(9)12;1-10(2,3)9-7-5-4-6-8-9/h1-6,12H,11H2;9H,4-8H2,1-3H3. The molecule has 2 aromatic rings. The van der Waals surface area contributed by atoms with Gasteiger partial charge in [-0.05, 0) is 53.8 Å². The van der Waals surface area contributed by atoms with Crippen molar-refractivity contribution in [3.05, 3.63) is 36.4 Å². The number of nitrogens with two attached hydrogens (primary N) is 1. The van der Waals surface area contributed by atoms with Gasteiger partial charge in [0.05, 0.1) is 0 Å². The molecule has 0 bridgehead atoms. The number of phenolic OH excluding ortho intramolecular Hbond substituents is 1. The highest BCUT2D eigenvalue weighted by Gasteiger charge is 2.25. The Balaban J connectivity index is 0.000000164. The van der Waals surface area contributed by atoms with Crippen molar-refractivity contribution < 1.29 is 5.11 Å². The number of hydrogen-bond acceptors (Lipinski definition) is 2. The van der Waals surface area contributed by atoms with E-state index in [2.05, 4.69) is 20.8 Å². The van der Waals surface area contributed by atoms with E-state index in [0.717, 1.165) is 16.7 Å². The molecule has 0 heterocycles. The fourth-order valence-corrected chi connectivity index (χ4v) is 3.25. The Bertz CT molecular complexity index is 607. The van der Waals surface area contributed by atoms with Crippen LogP contribution in [0.25, 0.3) is 10.8 Å². The molecule has 0 radical (unpaired) electrons. The number of rotatable bonds is 0. The summed E-state index contributed by atoms with van der Waals surface area (Å²) in [5, 5.41) is 11.2. The lowest BCUT2D eigenvalue weighted by Crippen LogP contribution is -2.22. The van der Waals surface area contributed by atoms with Crippen molar-refractivity contribution >= 4 is 16.5 Å². The molecule has 0 atom stereocenters. The minimum absolute atomic E-state index is 0.299. The van der Waals surface area contributed by atoms with Crippen LogP contribution in [0.15, 0.2) is 36.4 Å². The Kier molecular flexibility index (Phi) is 5.33. The van der Waals surface area contributed by atoms with Crippen LogP contribution in [0.1, 0.15) is 52.9 Å². The van der Waals surface area contributed by atoms with Crippen molar-refractivity contribution in [1.29, 1.82) is 0 Å². The van der Waals surface area contributed by atoms with Crippen molar-refractivity contribution in [2.24, 2.45) is 11.3 Å². The molecule has 2 nitrogen and oxygen atoms in total. The van der Waals surface area contributed by atoms with Gasteiger partial charge in [-0.1, -0.05) is 52.2 Å². The van der Waals surface area contributed by atoms with Crippen LogP contribution in [0.3, 0.4) is 0 Å². The minimum atomic E-state index is 0.299. The van der Waals surface area contributed by atoms with Crippen molar-refractivity contribution in [2.45, 2.75) is 52.9 Å². The Labute approximate surface area is 134 Å². The fraction of sp³-hybridized carbons (Fsp3) is 0.500. The molecule has 0 unspecified atom stereocenters. The second-order valence-electron chi connectivity index (χ2n) is 7.46. The Morgan fingerprint density at radius 2 is 1.68 bits per heavy atom. The second kappa shape index (κ2) is 7.04. The average Bonchev–Trinajstić information content (AvgIpc) is 2.48. The molecule has 120 valence electrons. The van der Waals surface area contributed by atoms with E-state index in [0.29, 0.717) is 16.9 Å². The maximum absolute atomic E-state index is 9.42. The molecule has 0 saturated heterocycles. The highest BCUT2D eigenvalue weighted by Crippen LogP contribution is 2.37. The topological polar surface area (TPSA) is 46.2 Å². The second-order valence-corrected chi connectivity index (χ2v) is 7.46. The SMILES string of the molecule is CC(C)(C)C1CCCCC1.Nc1ccc2c(O)cccc2c1. The number of aromatic hydroxyl groups is 1. The van der Waals surface area contributed by atoms with Crippen LogP contribution in [0.5, 0.6) is 5.75 Å². The van der Waals surface area contributed by atoms with Gasteiger partial charge in [-0.15, -0.1) is 0 Å². The van der Waals surface area contributed by atoms with Gasteiger partial charge in [-0.3, -0.25) is 0 Å². The summed E-state index contributed by atoms with van der Waals surface area (Å²) < 4.78 is 0. The average molecular weight is 299 g/mol. The lowest BCUT2D eigenvalue weighted by Gasteiger charge is -2.33. The van der Waals surface area contributed by atoms with Gasteiger partial charge in [-0.2, -0.15) is 0 Å².